The van der Waals surface area contributed by atoms with Gasteiger partial charge in [-0.1, -0.05) is 42.1 Å². The van der Waals surface area contributed by atoms with Crippen LogP contribution in [0.15, 0.2) is 24.5 Å². The average molecular weight is 417 g/mol. The highest BCUT2D eigenvalue weighted by Crippen LogP contribution is 2.46. The summed E-state index contributed by atoms with van der Waals surface area (Å²) in [4.78, 5) is 12.6. The van der Waals surface area contributed by atoms with Crippen LogP contribution in [0.2, 0.25) is 10.0 Å². The van der Waals surface area contributed by atoms with Gasteiger partial charge in [0, 0.05) is 10.6 Å². The predicted octanol–water partition coefficient (Wildman–Crippen LogP) is 3.52. The van der Waals surface area contributed by atoms with Crippen LogP contribution in [0.25, 0.3) is 0 Å². The molecular formula is C16H18Cl2N4O5. The fraction of sp³-hybridized carbons (Fsp3) is 0.500. The van der Waals surface area contributed by atoms with Crippen molar-refractivity contribution < 1.29 is 19.8 Å². The summed E-state index contributed by atoms with van der Waals surface area (Å²) in [5.41, 5.74) is 0.780. The van der Waals surface area contributed by atoms with E-state index in [0.717, 1.165) is 31.2 Å². The summed E-state index contributed by atoms with van der Waals surface area (Å²) in [6.07, 6.45) is 6.48. The third-order valence-electron chi connectivity index (χ3n) is 4.52. The topological polar surface area (TPSA) is 123 Å². The lowest BCUT2D eigenvalue weighted by Crippen LogP contribution is -2.32. The molecule has 2 heterocycles. The van der Waals surface area contributed by atoms with E-state index >= 15 is 0 Å². The summed E-state index contributed by atoms with van der Waals surface area (Å²) < 4.78 is 12.8. The van der Waals surface area contributed by atoms with Crippen molar-refractivity contribution in [3.63, 3.8) is 0 Å². The Morgan fingerprint density at radius 1 is 1.30 bits per heavy atom. The van der Waals surface area contributed by atoms with E-state index in [1.54, 1.807) is 18.5 Å². The molecule has 2 N–H and O–H groups in total. The monoisotopic (exact) mass is 416 g/mol. The van der Waals surface area contributed by atoms with Crippen LogP contribution in [0, 0.1) is 10.1 Å². The second kappa shape index (κ2) is 8.39. The number of ether oxygens (including phenoxy) is 2. The van der Waals surface area contributed by atoms with Gasteiger partial charge in [0.2, 0.25) is 5.79 Å². The van der Waals surface area contributed by atoms with Gasteiger partial charge in [-0.25, -0.2) is 4.98 Å². The van der Waals surface area contributed by atoms with Gasteiger partial charge in [0.05, 0.1) is 23.7 Å². The van der Waals surface area contributed by atoms with E-state index in [9.17, 15) is 0 Å². The lowest BCUT2D eigenvalue weighted by Gasteiger charge is -2.28. The first-order valence-corrected chi connectivity index (χ1v) is 9.14. The summed E-state index contributed by atoms with van der Waals surface area (Å²) in [6, 6.07) is 5.39. The van der Waals surface area contributed by atoms with Gasteiger partial charge in [-0.05, 0) is 25.0 Å². The number of nitrogens with one attached hydrogen (secondary N) is 1. The van der Waals surface area contributed by atoms with Crippen LogP contribution in [-0.2, 0) is 21.7 Å². The van der Waals surface area contributed by atoms with Gasteiger partial charge in [-0.15, -0.1) is 10.1 Å². The molecule has 146 valence electrons. The van der Waals surface area contributed by atoms with Crippen molar-refractivity contribution in [2.75, 3.05) is 0 Å². The number of rotatable bonds is 3. The van der Waals surface area contributed by atoms with Crippen LogP contribution < -0.4 is 0 Å². The summed E-state index contributed by atoms with van der Waals surface area (Å²) in [5, 5.41) is 21.6. The Bertz CT molecular complexity index is 771. The van der Waals surface area contributed by atoms with Gasteiger partial charge >= 0.3 is 0 Å². The van der Waals surface area contributed by atoms with E-state index in [-0.39, 0.29) is 12.2 Å². The summed E-state index contributed by atoms with van der Waals surface area (Å²) in [5.74, 6) is -0.321. The largest absolute Gasteiger partial charge is 0.339 e. The maximum absolute atomic E-state index is 8.36. The molecule has 1 aliphatic carbocycles. The summed E-state index contributed by atoms with van der Waals surface area (Å²) in [6.45, 7) is 0. The first-order valence-electron chi connectivity index (χ1n) is 8.39. The van der Waals surface area contributed by atoms with Gasteiger partial charge in [0.25, 0.3) is 5.09 Å². The minimum absolute atomic E-state index is 0.0921. The smallest absolute Gasteiger partial charge is 0.291 e. The third-order valence-corrected chi connectivity index (χ3v) is 5.07. The molecule has 1 saturated carbocycles. The van der Waals surface area contributed by atoms with Crippen molar-refractivity contribution in [1.29, 1.82) is 0 Å². The maximum Gasteiger partial charge on any atom is 0.291 e. The molecule has 1 saturated heterocycles. The quantitative estimate of drug-likeness (QED) is 0.579. The second-order valence-electron chi connectivity index (χ2n) is 6.30. The zero-order chi connectivity index (χ0) is 19.4. The molecule has 27 heavy (non-hydrogen) atoms. The Morgan fingerprint density at radius 3 is 2.44 bits per heavy atom. The lowest BCUT2D eigenvalue weighted by molar-refractivity contribution is -0.742. The van der Waals surface area contributed by atoms with Crippen LogP contribution in [0.3, 0.4) is 0 Å². The van der Waals surface area contributed by atoms with E-state index < -0.39 is 10.9 Å². The van der Waals surface area contributed by atoms with Crippen molar-refractivity contribution in [3.8, 4) is 0 Å². The highest BCUT2D eigenvalue weighted by atomic mass is 35.5. The Labute approximate surface area is 164 Å². The van der Waals surface area contributed by atoms with Crippen molar-refractivity contribution >= 4 is 23.2 Å². The molecule has 2 atom stereocenters. The maximum atomic E-state index is 8.36. The minimum atomic E-state index is -1.50. The summed E-state index contributed by atoms with van der Waals surface area (Å²) >= 11 is 12.5. The van der Waals surface area contributed by atoms with Crippen LogP contribution in [0.5, 0.6) is 0 Å². The number of hydrogen-bond acceptors (Lipinski definition) is 6. The molecule has 0 spiro atoms. The molecule has 2 aliphatic rings. The Hall–Kier alpha value is -1.94. The third kappa shape index (κ3) is 4.67. The highest BCUT2D eigenvalue weighted by Gasteiger charge is 2.50. The first kappa shape index (κ1) is 19.8. The zero-order valence-electron chi connectivity index (χ0n) is 14.2. The molecule has 1 aromatic heterocycles. The molecule has 4 rings (SSSR count). The van der Waals surface area contributed by atoms with Gasteiger partial charge in [-0.2, -0.15) is 5.10 Å². The Kier molecular flexibility index (Phi) is 6.15. The van der Waals surface area contributed by atoms with E-state index in [0.29, 0.717) is 22.3 Å². The number of nitrogens with zero attached hydrogens (tertiary/aromatic N) is 3. The molecule has 2 fully saturated rings. The number of H-pyrrole nitrogens is 1. The molecule has 2 aromatic rings. The lowest BCUT2D eigenvalue weighted by atomic mass is 9.95. The number of aromatic amines is 1. The zero-order valence-corrected chi connectivity index (χ0v) is 15.7. The average Bonchev–Trinajstić information content (AvgIpc) is 3.21. The normalized spacial score (nSPS) is 26.7. The predicted molar refractivity (Wildman–Crippen MR) is 95.2 cm³/mol. The molecule has 0 radical (unpaired) electrons. The second-order valence-corrected chi connectivity index (χ2v) is 7.15. The Balaban J connectivity index is 0.000000481. The molecular weight excluding hydrogens is 399 g/mol. The minimum Gasteiger partial charge on any atom is -0.339 e. The molecule has 1 aromatic carbocycles. The van der Waals surface area contributed by atoms with Crippen LogP contribution in [-0.4, -0.2) is 37.7 Å². The van der Waals surface area contributed by atoms with Crippen LogP contribution in [0.1, 0.15) is 37.1 Å². The highest BCUT2D eigenvalue weighted by molar-refractivity contribution is 6.35. The fourth-order valence-electron chi connectivity index (χ4n) is 3.48. The first-order chi connectivity index (χ1) is 12.9. The van der Waals surface area contributed by atoms with E-state index in [1.165, 1.54) is 0 Å². The van der Waals surface area contributed by atoms with Crippen LogP contribution in [0.4, 0.5) is 0 Å². The number of aromatic nitrogens is 3. The number of benzene rings is 1. The number of fused-ring (bicyclic) bond motifs is 1. The van der Waals surface area contributed by atoms with Gasteiger partial charge in [-0.3, -0.25) is 5.10 Å². The molecule has 0 bridgehead atoms. The molecule has 9 nitrogen and oxygen atoms in total. The molecule has 1 aliphatic heterocycles. The van der Waals surface area contributed by atoms with Gasteiger partial charge in [0.1, 0.15) is 6.33 Å². The van der Waals surface area contributed by atoms with Crippen molar-refractivity contribution in [2.24, 2.45) is 0 Å². The van der Waals surface area contributed by atoms with E-state index in [2.05, 4.69) is 15.2 Å². The number of halogens is 2. The van der Waals surface area contributed by atoms with E-state index in [4.69, 9.17) is 48.0 Å². The Morgan fingerprint density at radius 2 is 1.93 bits per heavy atom. The van der Waals surface area contributed by atoms with Crippen molar-refractivity contribution in [3.05, 3.63) is 56.1 Å². The molecule has 0 amide bonds. The van der Waals surface area contributed by atoms with Gasteiger partial charge in [0.15, 0.2) is 5.82 Å². The standard InChI is InChI=1S/C16H17Cl2N3O2.HNO3/c17-10-5-6-11(12(18)7-10)16(8-15-19-9-20-21-15)22-13-3-1-2-4-14(13)23-16;2-1(3)4/h5-7,9,13-14H,1-4,8H2,(H,19,20,21);(H,2,3,4). The SMILES string of the molecule is Clc1ccc(C2(Cc3nc[nH]n3)OC3CCCCC3O2)c(Cl)c1.O=[N+]([O-])O. The summed E-state index contributed by atoms with van der Waals surface area (Å²) in [7, 11) is 0. The molecule has 11 heteroatoms. The number of hydrogen-bond donors (Lipinski definition) is 2. The van der Waals surface area contributed by atoms with Crippen molar-refractivity contribution in [2.45, 2.75) is 50.1 Å². The fourth-order valence-corrected chi connectivity index (χ4v) is 4.03. The van der Waals surface area contributed by atoms with Crippen LogP contribution >= 0.6 is 23.2 Å². The molecule has 2 unspecified atom stereocenters. The van der Waals surface area contributed by atoms with E-state index in [1.807, 2.05) is 6.07 Å². The van der Waals surface area contributed by atoms with Gasteiger partial charge < -0.3 is 14.7 Å². The van der Waals surface area contributed by atoms with Crippen molar-refractivity contribution in [1.82, 2.24) is 15.2 Å².